The average molecular weight is 280 g/mol. The lowest BCUT2D eigenvalue weighted by molar-refractivity contribution is 0.0942. The number of halogens is 1. The van der Waals surface area contributed by atoms with Crippen LogP contribution in [0.15, 0.2) is 36.5 Å². The Morgan fingerprint density at radius 1 is 1.42 bits per heavy atom. The van der Waals surface area contributed by atoms with Crippen molar-refractivity contribution in [2.45, 2.75) is 0 Å². The summed E-state index contributed by atoms with van der Waals surface area (Å²) in [5.41, 5.74) is 6.69. The number of nitrogens with one attached hydrogen (secondary N) is 2. The van der Waals surface area contributed by atoms with E-state index in [0.717, 1.165) is 0 Å². The van der Waals surface area contributed by atoms with Gasteiger partial charge in [0, 0.05) is 18.0 Å². The summed E-state index contributed by atoms with van der Waals surface area (Å²) in [6, 6.07) is 8.69. The highest BCUT2D eigenvalue weighted by Crippen LogP contribution is 2.14. The van der Waals surface area contributed by atoms with E-state index in [0.29, 0.717) is 35.3 Å². The van der Waals surface area contributed by atoms with Gasteiger partial charge in [-0.3, -0.25) is 4.79 Å². The van der Waals surface area contributed by atoms with Crippen molar-refractivity contribution in [2.75, 3.05) is 18.9 Å². The second-order valence-electron chi connectivity index (χ2n) is 3.91. The first-order valence-electron chi connectivity index (χ1n) is 5.75. The molecule has 1 aromatic heterocycles. The Hall–Kier alpha value is -2.14. The summed E-state index contributed by atoms with van der Waals surface area (Å²) in [5.74, 6) is 0.459. The molecule has 0 bridgehead atoms. The first-order valence-corrected chi connectivity index (χ1v) is 6.13. The lowest BCUT2D eigenvalue weighted by atomic mass is 10.3. The molecule has 100 valence electrons. The molecule has 0 saturated carbocycles. The standard InChI is InChI=1S/C13H14ClN3O2/c14-9-6-12(17-8-9)13(18)16-4-5-19-11-3-1-2-10(15)7-11/h1-3,6-8,17H,4-5,15H2,(H,16,18). The maximum atomic E-state index is 11.6. The van der Waals surface area contributed by atoms with Gasteiger partial charge in [-0.15, -0.1) is 0 Å². The number of aromatic amines is 1. The van der Waals surface area contributed by atoms with Gasteiger partial charge in [-0.05, 0) is 18.2 Å². The van der Waals surface area contributed by atoms with Gasteiger partial charge in [0.05, 0.1) is 11.6 Å². The molecule has 0 fully saturated rings. The molecule has 5 nitrogen and oxygen atoms in total. The van der Waals surface area contributed by atoms with E-state index >= 15 is 0 Å². The van der Waals surface area contributed by atoms with Gasteiger partial charge in [0.1, 0.15) is 18.1 Å². The third-order valence-electron chi connectivity index (χ3n) is 2.41. The lowest BCUT2D eigenvalue weighted by Crippen LogP contribution is -2.28. The molecule has 4 N–H and O–H groups in total. The Morgan fingerprint density at radius 2 is 2.26 bits per heavy atom. The van der Waals surface area contributed by atoms with Crippen LogP contribution in [0.1, 0.15) is 10.5 Å². The third-order valence-corrected chi connectivity index (χ3v) is 2.63. The molecule has 1 amide bonds. The van der Waals surface area contributed by atoms with Gasteiger partial charge in [-0.2, -0.15) is 0 Å². The number of amides is 1. The summed E-state index contributed by atoms with van der Waals surface area (Å²) in [6.45, 7) is 0.758. The van der Waals surface area contributed by atoms with Gasteiger partial charge in [-0.25, -0.2) is 0 Å². The molecule has 0 atom stereocenters. The van der Waals surface area contributed by atoms with Crippen LogP contribution in [0.5, 0.6) is 5.75 Å². The van der Waals surface area contributed by atoms with Crippen molar-refractivity contribution in [1.82, 2.24) is 10.3 Å². The third kappa shape index (κ3) is 3.93. The Kier molecular flexibility index (Phi) is 4.30. The van der Waals surface area contributed by atoms with Crippen molar-refractivity contribution >= 4 is 23.2 Å². The molecule has 0 saturated heterocycles. The highest BCUT2D eigenvalue weighted by Gasteiger charge is 2.06. The highest BCUT2D eigenvalue weighted by molar-refractivity contribution is 6.30. The molecule has 1 aromatic carbocycles. The Bertz CT molecular complexity index is 569. The fourth-order valence-corrected chi connectivity index (χ4v) is 1.70. The number of nitrogen functional groups attached to an aromatic ring is 1. The highest BCUT2D eigenvalue weighted by atomic mass is 35.5. The monoisotopic (exact) mass is 279 g/mol. The lowest BCUT2D eigenvalue weighted by Gasteiger charge is -2.07. The fraction of sp³-hybridized carbons (Fsp3) is 0.154. The van der Waals surface area contributed by atoms with Crippen molar-refractivity contribution in [2.24, 2.45) is 0 Å². The van der Waals surface area contributed by atoms with Gasteiger partial charge < -0.3 is 20.8 Å². The van der Waals surface area contributed by atoms with E-state index < -0.39 is 0 Å². The minimum Gasteiger partial charge on any atom is -0.492 e. The number of anilines is 1. The predicted molar refractivity (Wildman–Crippen MR) is 74.5 cm³/mol. The van der Waals surface area contributed by atoms with Crippen LogP contribution in [-0.4, -0.2) is 24.0 Å². The van der Waals surface area contributed by atoms with E-state index in [1.165, 1.54) is 0 Å². The van der Waals surface area contributed by atoms with Crippen molar-refractivity contribution in [3.63, 3.8) is 0 Å². The van der Waals surface area contributed by atoms with Crippen molar-refractivity contribution in [3.8, 4) is 5.75 Å². The molecule has 0 unspecified atom stereocenters. The zero-order chi connectivity index (χ0) is 13.7. The first-order chi connectivity index (χ1) is 9.15. The topological polar surface area (TPSA) is 80.1 Å². The minimum absolute atomic E-state index is 0.219. The second-order valence-corrected chi connectivity index (χ2v) is 4.34. The second kappa shape index (κ2) is 6.15. The van der Waals surface area contributed by atoms with Gasteiger partial charge >= 0.3 is 0 Å². The first kappa shape index (κ1) is 13.3. The van der Waals surface area contributed by atoms with Crippen LogP contribution in [0.3, 0.4) is 0 Å². The van der Waals surface area contributed by atoms with Gasteiger partial charge in [0.2, 0.25) is 0 Å². The molecule has 0 aliphatic heterocycles. The molecule has 6 heteroatoms. The summed E-state index contributed by atoms with van der Waals surface area (Å²) in [4.78, 5) is 14.4. The van der Waals surface area contributed by atoms with Crippen LogP contribution < -0.4 is 15.8 Å². The molecular formula is C13H14ClN3O2. The molecule has 1 heterocycles. The van der Waals surface area contributed by atoms with Gasteiger partial charge in [0.15, 0.2) is 0 Å². The van der Waals surface area contributed by atoms with E-state index in [9.17, 15) is 4.79 Å². The quantitative estimate of drug-likeness (QED) is 0.579. The Labute approximate surface area is 115 Å². The molecule has 0 aliphatic carbocycles. The van der Waals surface area contributed by atoms with E-state index in [4.69, 9.17) is 22.1 Å². The molecule has 2 rings (SSSR count). The maximum Gasteiger partial charge on any atom is 0.267 e. The van der Waals surface area contributed by atoms with Gasteiger partial charge in [-0.1, -0.05) is 17.7 Å². The summed E-state index contributed by atoms with van der Waals surface area (Å²) >= 11 is 5.71. The van der Waals surface area contributed by atoms with Crippen LogP contribution >= 0.6 is 11.6 Å². The molecular weight excluding hydrogens is 266 g/mol. The molecule has 2 aromatic rings. The molecule has 0 aliphatic rings. The summed E-state index contributed by atoms with van der Waals surface area (Å²) in [7, 11) is 0. The van der Waals surface area contributed by atoms with Crippen LogP contribution in [0.25, 0.3) is 0 Å². The van der Waals surface area contributed by atoms with Crippen LogP contribution in [0.4, 0.5) is 5.69 Å². The van der Waals surface area contributed by atoms with E-state index in [1.807, 2.05) is 12.1 Å². The Balaban J connectivity index is 1.74. The smallest absolute Gasteiger partial charge is 0.267 e. The molecule has 19 heavy (non-hydrogen) atoms. The van der Waals surface area contributed by atoms with Crippen LogP contribution in [-0.2, 0) is 0 Å². The van der Waals surface area contributed by atoms with Crippen molar-refractivity contribution in [3.05, 3.63) is 47.2 Å². The normalized spacial score (nSPS) is 10.2. The van der Waals surface area contributed by atoms with Crippen molar-refractivity contribution in [1.29, 1.82) is 0 Å². The molecule has 0 spiro atoms. The maximum absolute atomic E-state index is 11.6. The Morgan fingerprint density at radius 3 is 2.95 bits per heavy atom. The summed E-state index contributed by atoms with van der Waals surface area (Å²) in [6.07, 6.45) is 1.56. The zero-order valence-electron chi connectivity index (χ0n) is 10.2. The average Bonchev–Trinajstić information content (AvgIpc) is 2.81. The number of nitrogens with two attached hydrogens (primary N) is 1. The number of H-pyrrole nitrogens is 1. The van der Waals surface area contributed by atoms with E-state index in [-0.39, 0.29) is 5.91 Å². The predicted octanol–water partition coefficient (Wildman–Crippen LogP) is 2.06. The number of hydrogen-bond donors (Lipinski definition) is 3. The summed E-state index contributed by atoms with van der Waals surface area (Å²) < 4.78 is 5.45. The molecule has 0 radical (unpaired) electrons. The summed E-state index contributed by atoms with van der Waals surface area (Å²) in [5, 5.41) is 3.21. The number of carbonyl (C=O) groups excluding carboxylic acids is 1. The minimum atomic E-state index is -0.219. The van der Waals surface area contributed by atoms with Crippen LogP contribution in [0, 0.1) is 0 Å². The number of hydrogen-bond acceptors (Lipinski definition) is 3. The SMILES string of the molecule is Nc1cccc(OCCNC(=O)c2cc(Cl)c[nH]2)c1. The number of carbonyl (C=O) groups is 1. The van der Waals surface area contributed by atoms with E-state index in [2.05, 4.69) is 10.3 Å². The van der Waals surface area contributed by atoms with Gasteiger partial charge in [0.25, 0.3) is 5.91 Å². The number of aromatic nitrogens is 1. The zero-order valence-corrected chi connectivity index (χ0v) is 10.9. The van der Waals surface area contributed by atoms with Crippen molar-refractivity contribution < 1.29 is 9.53 Å². The number of ether oxygens (including phenoxy) is 1. The van der Waals surface area contributed by atoms with E-state index in [1.54, 1.807) is 24.4 Å². The number of rotatable bonds is 5. The van der Waals surface area contributed by atoms with Crippen LogP contribution in [0.2, 0.25) is 5.02 Å². The fourth-order valence-electron chi connectivity index (χ4n) is 1.53. The largest absolute Gasteiger partial charge is 0.492 e. The number of benzene rings is 1.